The molecule has 0 N–H and O–H groups in total. The van der Waals surface area contributed by atoms with Crippen molar-refractivity contribution >= 4 is 5.91 Å². The van der Waals surface area contributed by atoms with E-state index in [1.807, 2.05) is 41.9 Å². The normalized spacial score (nSPS) is 16.6. The minimum absolute atomic E-state index is 0.0490. The minimum Gasteiger partial charge on any atom is -0.370 e. The number of carbonyl (C=O) groups excluding carboxylic acids is 1. The van der Waals surface area contributed by atoms with Crippen molar-refractivity contribution in [2.24, 2.45) is 0 Å². The summed E-state index contributed by atoms with van der Waals surface area (Å²) >= 11 is 0. The highest BCUT2D eigenvalue weighted by atomic mass is 16.5. The zero-order chi connectivity index (χ0) is 18.6. The molecular weight excluding hydrogens is 342 g/mol. The van der Waals surface area contributed by atoms with Gasteiger partial charge in [0, 0.05) is 37.0 Å². The number of rotatable bonds is 4. The highest BCUT2D eigenvalue weighted by Crippen LogP contribution is 2.17. The average molecular weight is 363 g/mol. The first-order valence-electron chi connectivity index (χ1n) is 8.92. The first-order chi connectivity index (χ1) is 13.2. The molecule has 3 aromatic heterocycles. The summed E-state index contributed by atoms with van der Waals surface area (Å²) in [6.45, 7) is 3.96. The topological polar surface area (TPSA) is 73.1 Å². The number of hydrogen-bond donors (Lipinski definition) is 0. The lowest BCUT2D eigenvalue weighted by atomic mass is 10.2. The van der Waals surface area contributed by atoms with Crippen molar-refractivity contribution in [3.05, 3.63) is 77.6 Å². The molecule has 0 fully saturated rings. The highest BCUT2D eigenvalue weighted by Gasteiger charge is 2.27. The van der Waals surface area contributed by atoms with Gasteiger partial charge in [-0.25, -0.2) is 0 Å². The van der Waals surface area contributed by atoms with Crippen molar-refractivity contribution in [3.63, 3.8) is 0 Å². The van der Waals surface area contributed by atoms with Gasteiger partial charge in [-0.2, -0.15) is 5.10 Å². The largest absolute Gasteiger partial charge is 0.370 e. The number of nitrogens with zero attached hydrogens (tertiary/aromatic N) is 5. The van der Waals surface area contributed by atoms with E-state index in [-0.39, 0.29) is 12.0 Å². The number of fused-ring (bicyclic) bond motifs is 1. The molecule has 4 heterocycles. The van der Waals surface area contributed by atoms with Crippen LogP contribution in [0.25, 0.3) is 0 Å². The Balaban J connectivity index is 1.53. The molecular formula is C20H21N5O2. The summed E-state index contributed by atoms with van der Waals surface area (Å²) in [7, 11) is 0. The lowest BCUT2D eigenvalue weighted by Crippen LogP contribution is -2.37. The molecule has 3 aromatic rings. The van der Waals surface area contributed by atoms with Crippen LogP contribution in [-0.2, 0) is 24.4 Å². The van der Waals surface area contributed by atoms with Gasteiger partial charge in [-0.15, -0.1) is 0 Å². The monoisotopic (exact) mass is 363 g/mol. The van der Waals surface area contributed by atoms with Crippen LogP contribution in [0.4, 0.5) is 0 Å². The van der Waals surface area contributed by atoms with Gasteiger partial charge in [0.25, 0.3) is 5.91 Å². The van der Waals surface area contributed by atoms with Crippen LogP contribution in [0.5, 0.6) is 0 Å². The van der Waals surface area contributed by atoms with Gasteiger partial charge in [-0.3, -0.25) is 19.4 Å². The molecule has 0 bridgehead atoms. The maximum absolute atomic E-state index is 13.0. The van der Waals surface area contributed by atoms with E-state index in [9.17, 15) is 4.79 Å². The van der Waals surface area contributed by atoms with E-state index in [2.05, 4.69) is 15.1 Å². The van der Waals surface area contributed by atoms with Gasteiger partial charge in [0.2, 0.25) is 0 Å². The van der Waals surface area contributed by atoms with Gasteiger partial charge >= 0.3 is 0 Å². The number of carbonyl (C=O) groups is 1. The van der Waals surface area contributed by atoms with Crippen LogP contribution in [0.2, 0.25) is 0 Å². The molecule has 1 aliphatic rings. The predicted octanol–water partition coefficient (Wildman–Crippen LogP) is 2.22. The van der Waals surface area contributed by atoms with Crippen molar-refractivity contribution in [1.29, 1.82) is 0 Å². The van der Waals surface area contributed by atoms with E-state index in [0.29, 0.717) is 31.8 Å². The van der Waals surface area contributed by atoms with Gasteiger partial charge in [0.15, 0.2) is 0 Å². The molecule has 0 saturated heterocycles. The summed E-state index contributed by atoms with van der Waals surface area (Å²) in [6, 6.07) is 9.47. The lowest BCUT2D eigenvalue weighted by molar-refractivity contribution is 0.00905. The fraction of sp³-hybridized carbons (Fsp3) is 0.300. The van der Waals surface area contributed by atoms with Crippen molar-refractivity contribution < 1.29 is 9.53 Å². The van der Waals surface area contributed by atoms with E-state index in [1.165, 1.54) is 0 Å². The minimum atomic E-state index is -0.159. The Hall–Kier alpha value is -3.06. The quantitative estimate of drug-likeness (QED) is 0.711. The molecule has 138 valence electrons. The van der Waals surface area contributed by atoms with Crippen LogP contribution in [0.1, 0.15) is 27.3 Å². The van der Waals surface area contributed by atoms with Crippen LogP contribution in [-0.4, -0.2) is 43.2 Å². The average Bonchev–Trinajstić information content (AvgIpc) is 3.05. The van der Waals surface area contributed by atoms with Gasteiger partial charge in [0.1, 0.15) is 0 Å². The summed E-state index contributed by atoms with van der Waals surface area (Å²) in [5.74, 6) is -0.0490. The molecule has 0 saturated carbocycles. The Kier molecular flexibility index (Phi) is 4.93. The summed E-state index contributed by atoms with van der Waals surface area (Å²) < 4.78 is 8.01. The van der Waals surface area contributed by atoms with E-state index in [0.717, 1.165) is 17.0 Å². The molecule has 1 atom stereocenters. The summed E-state index contributed by atoms with van der Waals surface area (Å²) in [5.41, 5.74) is 3.47. The van der Waals surface area contributed by atoms with Crippen LogP contribution in [0.15, 0.2) is 55.1 Å². The molecule has 0 aliphatic carbocycles. The van der Waals surface area contributed by atoms with Gasteiger partial charge in [0.05, 0.1) is 37.1 Å². The molecule has 0 aromatic carbocycles. The zero-order valence-electron chi connectivity index (χ0n) is 15.2. The van der Waals surface area contributed by atoms with Gasteiger partial charge in [-0.05, 0) is 36.8 Å². The Labute approximate surface area is 157 Å². The predicted molar refractivity (Wildman–Crippen MR) is 98.8 cm³/mol. The standard InChI is InChI=1S/C20H21N5O2/c1-15-4-5-17(10-22-15)20(26)24-11-18-6-8-23-25(18)13-19(12-24)27-14-16-3-2-7-21-9-16/h2-10,19H,11-14H2,1H3/t19-/m0/s1. The Morgan fingerprint density at radius 2 is 2.11 bits per heavy atom. The molecule has 4 rings (SSSR count). The zero-order valence-corrected chi connectivity index (χ0v) is 15.2. The number of ether oxygens (including phenoxy) is 1. The highest BCUT2D eigenvalue weighted by molar-refractivity contribution is 5.93. The summed E-state index contributed by atoms with van der Waals surface area (Å²) in [4.78, 5) is 23.2. The maximum atomic E-state index is 13.0. The van der Waals surface area contributed by atoms with Crippen LogP contribution in [0, 0.1) is 6.92 Å². The fourth-order valence-electron chi connectivity index (χ4n) is 3.15. The third-order valence-electron chi connectivity index (χ3n) is 4.61. The number of aromatic nitrogens is 4. The molecule has 7 nitrogen and oxygen atoms in total. The third kappa shape index (κ3) is 4.03. The molecule has 0 unspecified atom stereocenters. The summed E-state index contributed by atoms with van der Waals surface area (Å²) in [5, 5.41) is 4.37. The van der Waals surface area contributed by atoms with E-state index in [1.54, 1.807) is 29.7 Å². The molecule has 0 spiro atoms. The van der Waals surface area contributed by atoms with Gasteiger partial charge in [-0.1, -0.05) is 6.07 Å². The first-order valence-corrected chi connectivity index (χ1v) is 8.92. The SMILES string of the molecule is Cc1ccc(C(=O)N2Cc3ccnn3C[C@@H](OCc3cccnc3)C2)cn1. The van der Waals surface area contributed by atoms with Crippen molar-refractivity contribution in [2.45, 2.75) is 32.7 Å². The van der Waals surface area contributed by atoms with Crippen molar-refractivity contribution in [2.75, 3.05) is 6.54 Å². The third-order valence-corrected chi connectivity index (χ3v) is 4.61. The fourth-order valence-corrected chi connectivity index (χ4v) is 3.15. The van der Waals surface area contributed by atoms with E-state index in [4.69, 9.17) is 4.74 Å². The van der Waals surface area contributed by atoms with Crippen molar-refractivity contribution in [3.8, 4) is 0 Å². The molecule has 1 aliphatic heterocycles. The number of pyridine rings is 2. The molecule has 0 radical (unpaired) electrons. The first kappa shape index (κ1) is 17.4. The van der Waals surface area contributed by atoms with Crippen LogP contribution >= 0.6 is 0 Å². The van der Waals surface area contributed by atoms with E-state index < -0.39 is 0 Å². The van der Waals surface area contributed by atoms with Crippen molar-refractivity contribution in [1.82, 2.24) is 24.6 Å². The summed E-state index contributed by atoms with van der Waals surface area (Å²) in [6.07, 6.45) is 6.76. The second kappa shape index (κ2) is 7.67. The molecule has 7 heteroatoms. The smallest absolute Gasteiger partial charge is 0.255 e. The van der Waals surface area contributed by atoms with E-state index >= 15 is 0 Å². The number of aryl methyl sites for hydroxylation is 1. The second-order valence-electron chi connectivity index (χ2n) is 6.67. The van der Waals surface area contributed by atoms with Crippen LogP contribution < -0.4 is 0 Å². The Morgan fingerprint density at radius 3 is 2.89 bits per heavy atom. The Morgan fingerprint density at radius 1 is 1.19 bits per heavy atom. The lowest BCUT2D eigenvalue weighted by Gasteiger charge is -2.24. The molecule has 27 heavy (non-hydrogen) atoms. The van der Waals surface area contributed by atoms with Crippen LogP contribution in [0.3, 0.4) is 0 Å². The van der Waals surface area contributed by atoms with Gasteiger partial charge < -0.3 is 9.64 Å². The maximum Gasteiger partial charge on any atom is 0.255 e. The number of hydrogen-bond acceptors (Lipinski definition) is 5. The Bertz CT molecular complexity index is 908. The number of amides is 1. The second-order valence-corrected chi connectivity index (χ2v) is 6.67. The molecule has 1 amide bonds.